The summed E-state index contributed by atoms with van der Waals surface area (Å²) >= 11 is 5.72. The van der Waals surface area contributed by atoms with Crippen molar-refractivity contribution in [1.29, 1.82) is 0 Å². The Morgan fingerprint density at radius 3 is 2.80 bits per heavy atom. The van der Waals surface area contributed by atoms with Crippen molar-refractivity contribution >= 4 is 45.8 Å². The second kappa shape index (κ2) is 12.9. The van der Waals surface area contributed by atoms with Crippen molar-refractivity contribution < 1.29 is 33.0 Å². The zero-order valence-electron chi connectivity index (χ0n) is 21.6. The molecule has 0 bridgehead atoms. The van der Waals surface area contributed by atoms with Crippen LogP contribution in [0.1, 0.15) is 19.3 Å². The van der Waals surface area contributed by atoms with Crippen molar-refractivity contribution in [2.45, 2.75) is 31.4 Å². The number of likely N-dealkylation sites (tertiary alicyclic amines) is 1. The number of benzene rings is 2. The summed E-state index contributed by atoms with van der Waals surface area (Å²) < 4.78 is 40.0. The van der Waals surface area contributed by atoms with Gasteiger partial charge in [-0.2, -0.15) is 0 Å². The molecule has 2 amide bonds. The Balaban J connectivity index is 1.62. The predicted molar refractivity (Wildman–Crippen MR) is 145 cm³/mol. The number of aliphatic hydroxyl groups excluding tert-OH is 1. The number of ether oxygens (including phenoxy) is 2. The normalized spacial score (nSPS) is 16.9. The van der Waals surface area contributed by atoms with Crippen LogP contribution in [0.25, 0.3) is 10.9 Å². The molecule has 3 aromatic rings. The fraction of sp³-hybridized carbons (Fsp3) is 0.333. The highest BCUT2D eigenvalue weighted by Crippen LogP contribution is 2.37. The van der Waals surface area contributed by atoms with Gasteiger partial charge in [0.15, 0.2) is 17.3 Å². The lowest BCUT2D eigenvalue weighted by Crippen LogP contribution is -2.55. The molecule has 0 saturated carbocycles. The van der Waals surface area contributed by atoms with E-state index >= 15 is 0 Å². The Kier molecular flexibility index (Phi) is 9.33. The Hall–Kier alpha value is -4.03. The third-order valence-corrected chi connectivity index (χ3v) is 6.80. The van der Waals surface area contributed by atoms with E-state index < -0.39 is 28.8 Å². The van der Waals surface area contributed by atoms with Crippen molar-refractivity contribution in [3.8, 4) is 11.5 Å². The number of amides is 2. The van der Waals surface area contributed by atoms with Gasteiger partial charge in [0.25, 0.3) is 0 Å². The van der Waals surface area contributed by atoms with Crippen molar-refractivity contribution in [2.24, 2.45) is 0 Å². The maximum atomic E-state index is 14.6. The first-order chi connectivity index (χ1) is 19.3. The number of nitrogens with one attached hydrogen (secondary N) is 2. The van der Waals surface area contributed by atoms with Crippen LogP contribution in [0, 0.1) is 11.6 Å². The molecule has 10 nitrogen and oxygen atoms in total. The van der Waals surface area contributed by atoms with Gasteiger partial charge in [0.2, 0.25) is 11.8 Å². The van der Waals surface area contributed by atoms with Crippen LogP contribution >= 0.6 is 11.6 Å². The highest BCUT2D eigenvalue weighted by atomic mass is 35.5. The number of methoxy groups -OCH3 is 1. The molecule has 40 heavy (non-hydrogen) atoms. The molecule has 13 heteroatoms. The largest absolute Gasteiger partial charge is 0.493 e. The lowest BCUT2D eigenvalue weighted by Gasteiger charge is -2.38. The molecule has 1 saturated heterocycles. The zero-order valence-corrected chi connectivity index (χ0v) is 22.4. The quantitative estimate of drug-likeness (QED) is 0.190. The molecule has 0 spiro atoms. The molecule has 2 unspecified atom stereocenters. The van der Waals surface area contributed by atoms with Crippen LogP contribution in [0.2, 0.25) is 5.02 Å². The molecule has 1 fully saturated rings. The molecule has 1 aromatic heterocycles. The highest BCUT2D eigenvalue weighted by Gasteiger charge is 2.36. The average Bonchev–Trinajstić information content (AvgIpc) is 2.97. The molecule has 3 N–H and O–H groups in total. The second-order valence-corrected chi connectivity index (χ2v) is 9.35. The van der Waals surface area contributed by atoms with Gasteiger partial charge in [0, 0.05) is 44.0 Å². The van der Waals surface area contributed by atoms with E-state index in [0.29, 0.717) is 35.2 Å². The van der Waals surface area contributed by atoms with Gasteiger partial charge in [-0.3, -0.25) is 9.59 Å². The summed E-state index contributed by atoms with van der Waals surface area (Å²) in [5.41, 5.74) is 0.377. The number of hydrogen-bond donors (Lipinski definition) is 3. The number of nitrogens with zero attached hydrogens (tertiary/aromatic N) is 3. The Labute approximate surface area is 233 Å². The second-order valence-electron chi connectivity index (χ2n) is 8.97. The van der Waals surface area contributed by atoms with Crippen LogP contribution in [0.15, 0.2) is 43.2 Å². The van der Waals surface area contributed by atoms with E-state index in [1.165, 1.54) is 24.4 Å². The lowest BCUT2D eigenvalue weighted by molar-refractivity contribution is -0.140. The van der Waals surface area contributed by atoms with Gasteiger partial charge in [0.05, 0.1) is 18.3 Å². The van der Waals surface area contributed by atoms with Crippen molar-refractivity contribution in [3.05, 3.63) is 59.9 Å². The molecule has 0 aliphatic carbocycles. The molecule has 2 atom stereocenters. The molecule has 0 radical (unpaired) electrons. The number of fused-ring (bicyclic) bond motifs is 1. The number of rotatable bonds is 10. The SMILES string of the molecule is C=CC(=O)N1CCC(Oc2cc3c(Nc4ccc(F)c(Cl)c4F)ncnc3cc2OC)CC1C(=O)NCCCO. The van der Waals surface area contributed by atoms with Gasteiger partial charge in [-0.05, 0) is 30.7 Å². The fourth-order valence-corrected chi connectivity index (χ4v) is 4.59. The van der Waals surface area contributed by atoms with Crippen molar-refractivity contribution in [1.82, 2.24) is 20.2 Å². The minimum atomic E-state index is -0.970. The van der Waals surface area contributed by atoms with Gasteiger partial charge in [-0.25, -0.2) is 18.7 Å². The summed E-state index contributed by atoms with van der Waals surface area (Å²) in [6, 6.07) is 4.68. The maximum absolute atomic E-state index is 14.6. The van der Waals surface area contributed by atoms with E-state index in [0.717, 1.165) is 12.1 Å². The maximum Gasteiger partial charge on any atom is 0.246 e. The van der Waals surface area contributed by atoms with Crippen LogP contribution in [0.5, 0.6) is 11.5 Å². The number of aliphatic hydroxyl groups is 1. The number of hydrogen-bond acceptors (Lipinski definition) is 8. The van der Waals surface area contributed by atoms with E-state index in [-0.39, 0.29) is 49.4 Å². The molecule has 1 aliphatic rings. The van der Waals surface area contributed by atoms with Crippen LogP contribution in [0.4, 0.5) is 20.3 Å². The van der Waals surface area contributed by atoms with Gasteiger partial charge < -0.3 is 30.1 Å². The smallest absolute Gasteiger partial charge is 0.246 e. The van der Waals surface area contributed by atoms with Crippen molar-refractivity contribution in [3.63, 3.8) is 0 Å². The molecule has 2 aromatic carbocycles. The van der Waals surface area contributed by atoms with Crippen LogP contribution in [-0.2, 0) is 9.59 Å². The average molecular weight is 576 g/mol. The van der Waals surface area contributed by atoms with Gasteiger partial charge >= 0.3 is 0 Å². The van der Waals surface area contributed by atoms with E-state index in [9.17, 15) is 18.4 Å². The van der Waals surface area contributed by atoms with Crippen molar-refractivity contribution in [2.75, 3.05) is 32.1 Å². The number of halogens is 3. The first-order valence-electron chi connectivity index (χ1n) is 12.5. The molecule has 4 rings (SSSR count). The predicted octanol–water partition coefficient (Wildman–Crippen LogP) is 3.74. The topological polar surface area (TPSA) is 126 Å². The minimum absolute atomic E-state index is 0.0743. The third kappa shape index (κ3) is 6.23. The Morgan fingerprint density at radius 1 is 1.27 bits per heavy atom. The monoisotopic (exact) mass is 575 g/mol. The van der Waals surface area contributed by atoms with E-state index in [1.807, 2.05) is 0 Å². The van der Waals surface area contributed by atoms with E-state index in [4.69, 9.17) is 26.2 Å². The van der Waals surface area contributed by atoms with Crippen LogP contribution in [0.3, 0.4) is 0 Å². The highest BCUT2D eigenvalue weighted by molar-refractivity contribution is 6.31. The number of carbonyl (C=O) groups excluding carboxylic acids is 2. The minimum Gasteiger partial charge on any atom is -0.493 e. The molecule has 212 valence electrons. The number of anilines is 2. The van der Waals surface area contributed by atoms with Gasteiger partial charge in [0.1, 0.15) is 35.1 Å². The van der Waals surface area contributed by atoms with E-state index in [1.54, 1.807) is 12.1 Å². The summed E-state index contributed by atoms with van der Waals surface area (Å²) in [6.07, 6.45) is 2.98. The van der Waals surface area contributed by atoms with Gasteiger partial charge in [-0.1, -0.05) is 18.2 Å². The molecule has 1 aliphatic heterocycles. The zero-order chi connectivity index (χ0) is 28.8. The summed E-state index contributed by atoms with van der Waals surface area (Å²) in [4.78, 5) is 35.2. The summed E-state index contributed by atoms with van der Waals surface area (Å²) in [5.74, 6) is -1.69. The molecular weight excluding hydrogens is 548 g/mol. The third-order valence-electron chi connectivity index (χ3n) is 6.45. The first kappa shape index (κ1) is 29.0. The molecular formula is C27H28ClF2N5O5. The van der Waals surface area contributed by atoms with Crippen LogP contribution in [-0.4, -0.2) is 70.7 Å². The van der Waals surface area contributed by atoms with Gasteiger partial charge in [-0.15, -0.1) is 0 Å². The fourth-order valence-electron chi connectivity index (χ4n) is 4.42. The number of carbonyl (C=O) groups is 2. The molecule has 2 heterocycles. The Bertz CT molecular complexity index is 1430. The summed E-state index contributed by atoms with van der Waals surface area (Å²) in [7, 11) is 1.47. The Morgan fingerprint density at radius 2 is 2.08 bits per heavy atom. The number of piperidine rings is 1. The van der Waals surface area contributed by atoms with Crippen LogP contribution < -0.4 is 20.1 Å². The number of aromatic nitrogens is 2. The summed E-state index contributed by atoms with van der Waals surface area (Å²) in [5, 5.41) is 14.4. The van der Waals surface area contributed by atoms with E-state index in [2.05, 4.69) is 27.2 Å². The summed E-state index contributed by atoms with van der Waals surface area (Å²) in [6.45, 7) is 3.97. The lowest BCUT2D eigenvalue weighted by atomic mass is 9.98. The standard InChI is InChI=1S/C27H28ClF2N5O5/c1-3-23(37)35-9-7-15(11-20(35)27(38)31-8-4-10-36)40-22-12-16-19(13-21(22)39-2)32-14-33-26(16)34-18-6-5-17(29)24(28)25(18)30/h3,5-6,12-15,20,36H,1,4,7-11H2,2H3,(H,31,38)(H,32,33,34). The first-order valence-corrected chi connectivity index (χ1v) is 12.9.